The average molecular weight is 297 g/mol. The predicted molar refractivity (Wildman–Crippen MR) is 68.9 cm³/mol. The molecule has 7 heteroatoms. The molecule has 0 fully saturated rings. The number of rotatable bonds is 3. The second kappa shape index (κ2) is 6.77. The van der Waals surface area contributed by atoms with E-state index in [1.807, 2.05) is 0 Å². The molecule has 0 heterocycles. The topological polar surface area (TPSA) is 55.1 Å². The second-order valence-electron chi connectivity index (χ2n) is 4.14. The van der Waals surface area contributed by atoms with Crippen molar-refractivity contribution in [2.24, 2.45) is 5.73 Å². The number of halogens is 4. The summed E-state index contributed by atoms with van der Waals surface area (Å²) in [5, 5.41) is 2.61. The second-order valence-corrected chi connectivity index (χ2v) is 4.14. The summed E-state index contributed by atoms with van der Waals surface area (Å²) in [5.74, 6) is -0.345. The number of nitrogens with one attached hydrogen (secondary N) is 1. The maximum Gasteiger partial charge on any atom is 0.416 e. The molecule has 0 aliphatic rings. The molecule has 0 aromatic heterocycles. The summed E-state index contributed by atoms with van der Waals surface area (Å²) in [6.07, 6.45) is -4.35. The van der Waals surface area contributed by atoms with Gasteiger partial charge in [0.25, 0.3) is 0 Å². The Morgan fingerprint density at radius 2 is 1.68 bits per heavy atom. The number of nitrogens with two attached hydrogens (primary N) is 1. The molecular formula is C12H16ClF3N2O. The summed E-state index contributed by atoms with van der Waals surface area (Å²) in [6.45, 7) is 3.22. The standard InChI is InChI=1S/C12H15F3N2O.ClH/c1-7(16)11(18)17-8(2)9-3-5-10(6-4-9)12(13,14)15;/h3-8H,16H2,1-2H3,(H,17,18);1H/t7-,8?;/m0./s1. The lowest BCUT2D eigenvalue weighted by atomic mass is 10.1. The van der Waals surface area contributed by atoms with Gasteiger partial charge in [0.2, 0.25) is 5.91 Å². The third-order valence-electron chi connectivity index (χ3n) is 2.51. The minimum absolute atomic E-state index is 0. The van der Waals surface area contributed by atoms with Crippen molar-refractivity contribution in [1.29, 1.82) is 0 Å². The quantitative estimate of drug-likeness (QED) is 0.901. The van der Waals surface area contributed by atoms with Gasteiger partial charge in [-0.05, 0) is 31.5 Å². The van der Waals surface area contributed by atoms with Gasteiger partial charge in [0, 0.05) is 0 Å². The summed E-state index contributed by atoms with van der Waals surface area (Å²) in [4.78, 5) is 11.3. The third-order valence-corrected chi connectivity index (χ3v) is 2.51. The van der Waals surface area contributed by atoms with Crippen LogP contribution in [0.2, 0.25) is 0 Å². The third kappa shape index (κ3) is 5.08. The zero-order valence-electron chi connectivity index (χ0n) is 10.5. The Balaban J connectivity index is 0.00000324. The van der Waals surface area contributed by atoms with Crippen molar-refractivity contribution in [1.82, 2.24) is 5.32 Å². The van der Waals surface area contributed by atoms with E-state index in [1.54, 1.807) is 6.92 Å². The van der Waals surface area contributed by atoms with Gasteiger partial charge in [0.15, 0.2) is 0 Å². The van der Waals surface area contributed by atoms with Crippen molar-refractivity contribution in [3.8, 4) is 0 Å². The van der Waals surface area contributed by atoms with Gasteiger partial charge in [0.1, 0.15) is 0 Å². The van der Waals surface area contributed by atoms with E-state index in [2.05, 4.69) is 5.32 Å². The van der Waals surface area contributed by atoms with Crippen molar-refractivity contribution >= 4 is 18.3 Å². The molecule has 19 heavy (non-hydrogen) atoms. The lowest BCUT2D eigenvalue weighted by Gasteiger charge is -2.16. The van der Waals surface area contributed by atoms with Gasteiger partial charge < -0.3 is 11.1 Å². The first kappa shape index (κ1) is 17.7. The molecule has 0 bridgehead atoms. The monoisotopic (exact) mass is 296 g/mol. The van der Waals surface area contributed by atoms with E-state index in [1.165, 1.54) is 19.1 Å². The molecule has 1 unspecified atom stereocenters. The van der Waals surface area contributed by atoms with E-state index in [4.69, 9.17) is 5.73 Å². The van der Waals surface area contributed by atoms with Gasteiger partial charge in [-0.2, -0.15) is 13.2 Å². The van der Waals surface area contributed by atoms with E-state index < -0.39 is 17.8 Å². The van der Waals surface area contributed by atoms with Gasteiger partial charge in [-0.25, -0.2) is 0 Å². The van der Waals surface area contributed by atoms with Gasteiger partial charge in [-0.1, -0.05) is 12.1 Å². The molecule has 108 valence electrons. The Labute approximate surface area is 115 Å². The number of carbonyl (C=O) groups is 1. The minimum atomic E-state index is -4.35. The van der Waals surface area contributed by atoms with Crippen LogP contribution >= 0.6 is 12.4 Å². The van der Waals surface area contributed by atoms with E-state index in [-0.39, 0.29) is 24.4 Å². The van der Waals surface area contributed by atoms with Crippen molar-refractivity contribution < 1.29 is 18.0 Å². The SMILES string of the molecule is CC(NC(=O)[C@H](C)N)c1ccc(C(F)(F)F)cc1.Cl. The van der Waals surface area contributed by atoms with Crippen LogP contribution in [0.25, 0.3) is 0 Å². The fourth-order valence-corrected chi connectivity index (χ4v) is 1.39. The predicted octanol–water partition coefficient (Wildman–Crippen LogP) is 2.65. The lowest BCUT2D eigenvalue weighted by molar-refractivity contribution is -0.137. The highest BCUT2D eigenvalue weighted by atomic mass is 35.5. The molecule has 0 radical (unpaired) electrons. The van der Waals surface area contributed by atoms with Crippen LogP contribution in [0.15, 0.2) is 24.3 Å². The molecule has 1 amide bonds. The molecule has 1 aromatic rings. The van der Waals surface area contributed by atoms with Crippen molar-refractivity contribution in [3.05, 3.63) is 35.4 Å². The fourth-order valence-electron chi connectivity index (χ4n) is 1.39. The zero-order valence-corrected chi connectivity index (χ0v) is 11.3. The molecule has 3 N–H and O–H groups in total. The Hall–Kier alpha value is -1.27. The van der Waals surface area contributed by atoms with E-state index in [0.29, 0.717) is 5.56 Å². The molecule has 0 saturated heterocycles. The first-order valence-electron chi connectivity index (χ1n) is 5.45. The highest BCUT2D eigenvalue weighted by molar-refractivity contribution is 5.85. The van der Waals surface area contributed by atoms with Crippen LogP contribution in [0.3, 0.4) is 0 Å². The molecule has 2 atom stereocenters. The largest absolute Gasteiger partial charge is 0.416 e. The van der Waals surface area contributed by atoms with Gasteiger partial charge in [-0.3, -0.25) is 4.79 Å². The Bertz CT molecular complexity index is 418. The van der Waals surface area contributed by atoms with E-state index >= 15 is 0 Å². The number of hydrogen-bond donors (Lipinski definition) is 2. The van der Waals surface area contributed by atoms with Crippen LogP contribution in [-0.2, 0) is 11.0 Å². The number of alkyl halides is 3. The highest BCUT2D eigenvalue weighted by Gasteiger charge is 2.30. The molecule has 0 saturated carbocycles. The van der Waals surface area contributed by atoms with Gasteiger partial charge in [0.05, 0.1) is 17.6 Å². The summed E-state index contributed by atoms with van der Waals surface area (Å²) in [5.41, 5.74) is 5.27. The number of amides is 1. The number of benzene rings is 1. The van der Waals surface area contributed by atoms with Gasteiger partial charge >= 0.3 is 6.18 Å². The lowest BCUT2D eigenvalue weighted by Crippen LogP contribution is -2.39. The normalized spacial score (nSPS) is 14.2. The Morgan fingerprint density at radius 3 is 2.05 bits per heavy atom. The molecule has 0 aliphatic heterocycles. The summed E-state index contributed by atoms with van der Waals surface area (Å²) >= 11 is 0. The fraction of sp³-hybridized carbons (Fsp3) is 0.417. The van der Waals surface area contributed by atoms with Crippen LogP contribution in [-0.4, -0.2) is 11.9 Å². The smallest absolute Gasteiger partial charge is 0.348 e. The molecule has 0 aliphatic carbocycles. The van der Waals surface area contributed by atoms with Crippen LogP contribution in [0.1, 0.15) is 31.0 Å². The van der Waals surface area contributed by atoms with Crippen molar-refractivity contribution in [2.45, 2.75) is 32.1 Å². The maximum atomic E-state index is 12.4. The van der Waals surface area contributed by atoms with Crippen molar-refractivity contribution in [3.63, 3.8) is 0 Å². The molecule has 0 spiro atoms. The van der Waals surface area contributed by atoms with Crippen LogP contribution in [0.5, 0.6) is 0 Å². The first-order valence-corrected chi connectivity index (χ1v) is 5.45. The molecule has 1 rings (SSSR count). The van der Waals surface area contributed by atoms with Crippen LogP contribution < -0.4 is 11.1 Å². The minimum Gasteiger partial charge on any atom is -0.348 e. The summed E-state index contributed by atoms with van der Waals surface area (Å²) < 4.78 is 37.1. The number of hydrogen-bond acceptors (Lipinski definition) is 2. The van der Waals surface area contributed by atoms with Crippen molar-refractivity contribution in [2.75, 3.05) is 0 Å². The first-order chi connectivity index (χ1) is 8.21. The average Bonchev–Trinajstić information content (AvgIpc) is 2.27. The number of carbonyl (C=O) groups excluding carboxylic acids is 1. The van der Waals surface area contributed by atoms with Crippen LogP contribution in [0.4, 0.5) is 13.2 Å². The summed E-state index contributed by atoms with van der Waals surface area (Å²) in [6, 6.07) is 3.63. The van der Waals surface area contributed by atoms with E-state index in [0.717, 1.165) is 12.1 Å². The molecule has 3 nitrogen and oxygen atoms in total. The molecule has 1 aromatic carbocycles. The zero-order chi connectivity index (χ0) is 13.9. The van der Waals surface area contributed by atoms with Crippen LogP contribution in [0, 0.1) is 0 Å². The Morgan fingerprint density at radius 1 is 1.21 bits per heavy atom. The maximum absolute atomic E-state index is 12.4. The molecular weight excluding hydrogens is 281 g/mol. The highest BCUT2D eigenvalue weighted by Crippen LogP contribution is 2.29. The summed E-state index contributed by atoms with van der Waals surface area (Å²) in [7, 11) is 0. The van der Waals surface area contributed by atoms with Gasteiger partial charge in [-0.15, -0.1) is 12.4 Å². The van der Waals surface area contributed by atoms with E-state index in [9.17, 15) is 18.0 Å². The Kier molecular flexibility index (Phi) is 6.32.